The number of nitrogens with two attached hydrogens (primary N) is 2. The number of unbranched alkanes of at least 4 members (excludes halogenated alkanes) is 2. The summed E-state index contributed by atoms with van der Waals surface area (Å²) in [4.78, 5) is 0. The van der Waals surface area contributed by atoms with Gasteiger partial charge in [-0.15, -0.1) is 0 Å². The van der Waals surface area contributed by atoms with Crippen LogP contribution in [0.2, 0.25) is 0 Å². The summed E-state index contributed by atoms with van der Waals surface area (Å²) in [6.07, 6.45) is 2.88. The molecular formula is C6H17BN2O3. The summed E-state index contributed by atoms with van der Waals surface area (Å²) in [5.41, 5.74) is 10.7. The van der Waals surface area contributed by atoms with Gasteiger partial charge >= 0.3 is 7.32 Å². The van der Waals surface area contributed by atoms with Crippen molar-refractivity contribution in [3.05, 3.63) is 0 Å². The van der Waals surface area contributed by atoms with Gasteiger partial charge in [0.25, 0.3) is 0 Å². The van der Waals surface area contributed by atoms with Crippen LogP contribution >= 0.6 is 0 Å². The molecule has 0 amide bonds. The Labute approximate surface area is 72.9 Å². The van der Waals surface area contributed by atoms with Gasteiger partial charge in [0.1, 0.15) is 0 Å². The van der Waals surface area contributed by atoms with Gasteiger partial charge in [0.15, 0.2) is 0 Å². The molecule has 5 nitrogen and oxygen atoms in total. The van der Waals surface area contributed by atoms with Crippen LogP contribution in [0.4, 0.5) is 0 Å². The van der Waals surface area contributed by atoms with Crippen molar-refractivity contribution in [3.8, 4) is 0 Å². The second-order valence-electron chi connectivity index (χ2n) is 2.64. The summed E-state index contributed by atoms with van der Waals surface area (Å²) < 4.78 is 4.49. The van der Waals surface area contributed by atoms with Gasteiger partial charge < -0.3 is 26.2 Å². The third-order valence-corrected chi connectivity index (χ3v) is 1.49. The molecule has 0 aromatic carbocycles. The molecule has 6 N–H and O–H groups in total. The zero-order chi connectivity index (χ0) is 9.40. The van der Waals surface area contributed by atoms with E-state index in [1.807, 2.05) is 0 Å². The Morgan fingerprint density at radius 2 is 1.92 bits per heavy atom. The van der Waals surface area contributed by atoms with Gasteiger partial charge in [0, 0.05) is 0 Å². The van der Waals surface area contributed by atoms with E-state index in [1.165, 1.54) is 0 Å². The average Bonchev–Trinajstić information content (AvgIpc) is 1.97. The minimum atomic E-state index is -1.77. The highest BCUT2D eigenvalue weighted by atomic mass is 16.6. The van der Waals surface area contributed by atoms with Crippen LogP contribution in [0.1, 0.15) is 25.7 Å². The van der Waals surface area contributed by atoms with Crippen molar-refractivity contribution in [2.45, 2.75) is 31.9 Å². The van der Waals surface area contributed by atoms with Crippen LogP contribution in [0.3, 0.4) is 0 Å². The molecule has 0 saturated heterocycles. The van der Waals surface area contributed by atoms with E-state index in [0.717, 1.165) is 19.3 Å². The summed E-state index contributed by atoms with van der Waals surface area (Å²) in [5, 5.41) is 16.7. The lowest BCUT2D eigenvalue weighted by Crippen LogP contribution is -2.32. The fourth-order valence-electron chi connectivity index (χ4n) is 0.891. The van der Waals surface area contributed by atoms with E-state index < -0.39 is 13.5 Å². The van der Waals surface area contributed by atoms with Crippen LogP contribution in [-0.4, -0.2) is 30.1 Å². The first-order chi connectivity index (χ1) is 5.66. The van der Waals surface area contributed by atoms with Crippen LogP contribution in [0.5, 0.6) is 0 Å². The molecule has 0 spiro atoms. The van der Waals surface area contributed by atoms with Crippen molar-refractivity contribution < 1.29 is 14.7 Å². The van der Waals surface area contributed by atoms with Gasteiger partial charge in [-0.3, -0.25) is 0 Å². The molecule has 0 fully saturated rings. The summed E-state index contributed by atoms with van der Waals surface area (Å²) in [6, 6.07) is 0. The minimum Gasteiger partial charge on any atom is -0.402 e. The van der Waals surface area contributed by atoms with Crippen molar-refractivity contribution in [2.75, 3.05) is 6.54 Å². The highest BCUT2D eigenvalue weighted by molar-refractivity contribution is 6.32. The third kappa shape index (κ3) is 7.97. The van der Waals surface area contributed by atoms with E-state index >= 15 is 0 Å². The van der Waals surface area contributed by atoms with Crippen molar-refractivity contribution in [2.24, 2.45) is 11.5 Å². The van der Waals surface area contributed by atoms with Crippen LogP contribution in [0.15, 0.2) is 0 Å². The molecule has 0 aromatic rings. The third-order valence-electron chi connectivity index (χ3n) is 1.49. The van der Waals surface area contributed by atoms with Gasteiger partial charge in [0.2, 0.25) is 0 Å². The molecule has 0 saturated carbocycles. The van der Waals surface area contributed by atoms with E-state index in [9.17, 15) is 0 Å². The predicted octanol–water partition coefficient (Wildman–Crippen LogP) is -1.22. The Morgan fingerprint density at radius 1 is 1.25 bits per heavy atom. The fraction of sp³-hybridized carbons (Fsp3) is 1.00. The van der Waals surface area contributed by atoms with E-state index in [1.54, 1.807) is 0 Å². The number of hydrogen-bond acceptors (Lipinski definition) is 5. The first-order valence-electron chi connectivity index (χ1n) is 4.14. The molecule has 12 heavy (non-hydrogen) atoms. The SMILES string of the molecule is NCCCCCC(N)OB(O)O. The van der Waals surface area contributed by atoms with Gasteiger partial charge in [-0.25, -0.2) is 0 Å². The Balaban J connectivity index is 3.14. The Hall–Kier alpha value is -0.135. The van der Waals surface area contributed by atoms with E-state index in [-0.39, 0.29) is 0 Å². The molecule has 1 unspecified atom stereocenters. The second-order valence-corrected chi connectivity index (χ2v) is 2.64. The largest absolute Gasteiger partial charge is 0.635 e. The molecule has 0 radical (unpaired) electrons. The normalized spacial score (nSPS) is 13.0. The smallest absolute Gasteiger partial charge is 0.402 e. The summed E-state index contributed by atoms with van der Waals surface area (Å²) in [6.45, 7) is 0.679. The molecule has 1 atom stereocenters. The van der Waals surface area contributed by atoms with Crippen molar-refractivity contribution in [1.82, 2.24) is 0 Å². The first-order valence-corrected chi connectivity index (χ1v) is 4.14. The number of rotatable bonds is 7. The second kappa shape index (κ2) is 7.51. The van der Waals surface area contributed by atoms with Gasteiger partial charge in [-0.05, 0) is 25.8 Å². The Bertz CT molecular complexity index is 105. The molecule has 0 aliphatic heterocycles. The Kier molecular flexibility index (Phi) is 7.43. The monoisotopic (exact) mass is 176 g/mol. The molecule has 0 rings (SSSR count). The van der Waals surface area contributed by atoms with E-state index in [4.69, 9.17) is 21.5 Å². The van der Waals surface area contributed by atoms with Crippen molar-refractivity contribution in [3.63, 3.8) is 0 Å². The van der Waals surface area contributed by atoms with Crippen molar-refractivity contribution in [1.29, 1.82) is 0 Å². The van der Waals surface area contributed by atoms with Crippen LogP contribution in [-0.2, 0) is 4.65 Å². The van der Waals surface area contributed by atoms with Crippen LogP contribution in [0, 0.1) is 0 Å². The van der Waals surface area contributed by atoms with Crippen LogP contribution in [0.25, 0.3) is 0 Å². The number of hydrogen-bond donors (Lipinski definition) is 4. The average molecular weight is 176 g/mol. The maximum Gasteiger partial charge on any atom is 0.635 e. The maximum atomic E-state index is 8.36. The lowest BCUT2D eigenvalue weighted by atomic mass is 10.1. The van der Waals surface area contributed by atoms with Gasteiger partial charge in [-0.1, -0.05) is 6.42 Å². The quantitative estimate of drug-likeness (QED) is 0.221. The summed E-state index contributed by atoms with van der Waals surface area (Å²) in [5.74, 6) is 0. The predicted molar refractivity (Wildman–Crippen MR) is 46.8 cm³/mol. The highest BCUT2D eigenvalue weighted by Crippen LogP contribution is 2.02. The zero-order valence-electron chi connectivity index (χ0n) is 7.15. The lowest BCUT2D eigenvalue weighted by molar-refractivity contribution is 0.114. The Morgan fingerprint density at radius 3 is 2.42 bits per heavy atom. The van der Waals surface area contributed by atoms with Crippen molar-refractivity contribution >= 4 is 7.32 Å². The molecule has 0 aliphatic carbocycles. The maximum absolute atomic E-state index is 8.36. The molecule has 0 aromatic heterocycles. The summed E-state index contributed by atoms with van der Waals surface area (Å²) >= 11 is 0. The summed E-state index contributed by atoms with van der Waals surface area (Å²) in [7, 11) is -1.77. The molecule has 0 aliphatic rings. The van der Waals surface area contributed by atoms with E-state index in [2.05, 4.69) is 4.65 Å². The lowest BCUT2D eigenvalue weighted by Gasteiger charge is -2.11. The van der Waals surface area contributed by atoms with E-state index in [0.29, 0.717) is 13.0 Å². The molecule has 0 bridgehead atoms. The fourth-order valence-corrected chi connectivity index (χ4v) is 0.891. The van der Waals surface area contributed by atoms with Crippen LogP contribution < -0.4 is 11.5 Å². The molecule has 72 valence electrons. The zero-order valence-corrected chi connectivity index (χ0v) is 7.15. The van der Waals surface area contributed by atoms with Gasteiger partial charge in [-0.2, -0.15) is 0 Å². The van der Waals surface area contributed by atoms with Gasteiger partial charge in [0.05, 0.1) is 6.23 Å². The molecule has 6 heteroatoms. The highest BCUT2D eigenvalue weighted by Gasteiger charge is 2.13. The molecule has 0 heterocycles. The minimum absolute atomic E-state index is 0.595. The molecular weight excluding hydrogens is 159 g/mol. The first kappa shape index (κ1) is 11.9. The standard InChI is InChI=1S/C6H17BN2O3/c8-5-3-1-2-4-6(9)12-7(10)11/h6,10-11H,1-5,8-9H2. The topological polar surface area (TPSA) is 102 Å².